The number of benzene rings is 2. The van der Waals surface area contributed by atoms with E-state index in [1.807, 2.05) is 50.2 Å². The van der Waals surface area contributed by atoms with E-state index in [1.165, 1.54) is 0 Å². The van der Waals surface area contributed by atoms with Gasteiger partial charge in [-0.3, -0.25) is 4.79 Å². The lowest BCUT2D eigenvalue weighted by atomic mass is 10.2. The van der Waals surface area contributed by atoms with Crippen LogP contribution in [-0.2, 0) is 11.3 Å². The van der Waals surface area contributed by atoms with Crippen molar-refractivity contribution < 1.29 is 23.7 Å². The third-order valence-electron chi connectivity index (χ3n) is 4.04. The van der Waals surface area contributed by atoms with Crippen molar-refractivity contribution in [3.63, 3.8) is 0 Å². The van der Waals surface area contributed by atoms with E-state index in [0.717, 1.165) is 11.3 Å². The Kier molecular flexibility index (Phi) is 5.84. The molecule has 0 N–H and O–H groups in total. The summed E-state index contributed by atoms with van der Waals surface area (Å²) in [5.41, 5.74) is 0.985. The Morgan fingerprint density at radius 1 is 1.04 bits per heavy atom. The van der Waals surface area contributed by atoms with E-state index in [0.29, 0.717) is 36.9 Å². The maximum absolute atomic E-state index is 12.6. The quantitative estimate of drug-likeness (QED) is 0.726. The number of carbonyl (C=O) groups excluding carboxylic acids is 1. The van der Waals surface area contributed by atoms with Crippen molar-refractivity contribution >= 4 is 5.91 Å². The van der Waals surface area contributed by atoms with Crippen molar-refractivity contribution in [2.75, 3.05) is 26.6 Å². The molecule has 1 aliphatic heterocycles. The number of likely N-dealkylation sites (N-methyl/N-ethyl adjacent to an activating group) is 1. The number of carbonyl (C=O) groups is 1. The first-order valence-electron chi connectivity index (χ1n) is 8.72. The van der Waals surface area contributed by atoms with Gasteiger partial charge in [0, 0.05) is 13.1 Å². The Morgan fingerprint density at radius 2 is 1.77 bits per heavy atom. The second kappa shape index (κ2) is 8.47. The van der Waals surface area contributed by atoms with Crippen LogP contribution < -0.4 is 18.9 Å². The summed E-state index contributed by atoms with van der Waals surface area (Å²) in [6.45, 7) is 5.67. The van der Waals surface area contributed by atoms with Crippen LogP contribution >= 0.6 is 0 Å². The lowest BCUT2D eigenvalue weighted by Crippen LogP contribution is -2.34. The van der Waals surface area contributed by atoms with Crippen LogP contribution in [-0.4, -0.2) is 37.4 Å². The van der Waals surface area contributed by atoms with Gasteiger partial charge in [-0.2, -0.15) is 0 Å². The number of rotatable bonds is 8. The minimum Gasteiger partial charge on any atom is -0.490 e. The molecular weight excluding hydrogens is 334 g/mol. The normalized spacial score (nSPS) is 11.9. The third kappa shape index (κ3) is 4.20. The number of hydrogen-bond donors (Lipinski definition) is 0. The summed E-state index contributed by atoms with van der Waals surface area (Å²) in [5, 5.41) is 0. The molecule has 3 rings (SSSR count). The molecule has 6 heteroatoms. The number of hydrogen-bond acceptors (Lipinski definition) is 5. The van der Waals surface area contributed by atoms with Gasteiger partial charge in [-0.05, 0) is 43.7 Å². The number of para-hydroxylation sites is 2. The van der Waals surface area contributed by atoms with Crippen LogP contribution in [0, 0.1) is 0 Å². The van der Waals surface area contributed by atoms with Crippen LogP contribution in [0.1, 0.15) is 19.4 Å². The van der Waals surface area contributed by atoms with Gasteiger partial charge in [-0.25, -0.2) is 0 Å². The summed E-state index contributed by atoms with van der Waals surface area (Å²) in [7, 11) is 0. The summed E-state index contributed by atoms with van der Waals surface area (Å²) < 4.78 is 21.9. The summed E-state index contributed by atoms with van der Waals surface area (Å²) in [6.07, 6.45) is 0. The molecule has 0 saturated carbocycles. The Hall–Kier alpha value is -2.89. The number of amides is 1. The topological polar surface area (TPSA) is 57.2 Å². The fourth-order valence-electron chi connectivity index (χ4n) is 2.71. The van der Waals surface area contributed by atoms with E-state index in [4.69, 9.17) is 18.9 Å². The van der Waals surface area contributed by atoms with Crippen molar-refractivity contribution in [2.45, 2.75) is 20.4 Å². The summed E-state index contributed by atoms with van der Waals surface area (Å²) in [6, 6.07) is 13.1. The van der Waals surface area contributed by atoms with Gasteiger partial charge in [0.05, 0.1) is 6.61 Å². The largest absolute Gasteiger partial charge is 0.490 e. The molecule has 0 bridgehead atoms. The van der Waals surface area contributed by atoms with Crippen LogP contribution in [0.3, 0.4) is 0 Å². The van der Waals surface area contributed by atoms with Crippen LogP contribution in [0.5, 0.6) is 23.0 Å². The van der Waals surface area contributed by atoms with Crippen molar-refractivity contribution in [1.82, 2.24) is 4.90 Å². The Morgan fingerprint density at radius 3 is 2.50 bits per heavy atom. The van der Waals surface area contributed by atoms with Gasteiger partial charge in [0.25, 0.3) is 5.91 Å². The minimum absolute atomic E-state index is 0.0392. The van der Waals surface area contributed by atoms with Gasteiger partial charge < -0.3 is 23.8 Å². The Labute approximate surface area is 153 Å². The zero-order valence-corrected chi connectivity index (χ0v) is 15.1. The molecule has 0 radical (unpaired) electrons. The fourth-order valence-corrected chi connectivity index (χ4v) is 2.71. The molecule has 6 nitrogen and oxygen atoms in total. The molecule has 0 aliphatic carbocycles. The standard InChI is InChI=1S/C20H23NO5/c1-3-21(12-15-9-10-18-19(11-15)26-14-25-18)20(22)13-24-17-8-6-5-7-16(17)23-4-2/h5-11H,3-4,12-14H2,1-2H3. The molecule has 0 spiro atoms. The molecule has 2 aromatic carbocycles. The average Bonchev–Trinajstić information content (AvgIpc) is 3.13. The first-order chi connectivity index (χ1) is 12.7. The molecule has 1 aliphatic rings. The maximum atomic E-state index is 12.6. The van der Waals surface area contributed by atoms with Crippen LogP contribution in [0.2, 0.25) is 0 Å². The summed E-state index contributed by atoms with van der Waals surface area (Å²) in [5.74, 6) is 2.58. The minimum atomic E-state index is -0.0866. The highest BCUT2D eigenvalue weighted by Crippen LogP contribution is 2.33. The summed E-state index contributed by atoms with van der Waals surface area (Å²) >= 11 is 0. The van der Waals surface area contributed by atoms with Crippen molar-refractivity contribution in [1.29, 1.82) is 0 Å². The van der Waals surface area contributed by atoms with E-state index in [2.05, 4.69) is 0 Å². The number of ether oxygens (including phenoxy) is 4. The maximum Gasteiger partial charge on any atom is 0.260 e. The molecule has 1 heterocycles. The van der Waals surface area contributed by atoms with E-state index < -0.39 is 0 Å². The van der Waals surface area contributed by atoms with E-state index in [1.54, 1.807) is 11.0 Å². The molecule has 0 aromatic heterocycles. The number of fused-ring (bicyclic) bond motifs is 1. The molecule has 26 heavy (non-hydrogen) atoms. The van der Waals surface area contributed by atoms with Gasteiger partial charge in [0.2, 0.25) is 6.79 Å². The SMILES string of the molecule is CCOc1ccccc1OCC(=O)N(CC)Cc1ccc2c(c1)OCO2. The molecule has 2 aromatic rings. The molecule has 0 atom stereocenters. The van der Waals surface area contributed by atoms with Crippen molar-refractivity contribution in [2.24, 2.45) is 0 Å². The van der Waals surface area contributed by atoms with E-state index in [-0.39, 0.29) is 19.3 Å². The molecule has 0 fully saturated rings. The van der Waals surface area contributed by atoms with Crippen molar-refractivity contribution in [3.8, 4) is 23.0 Å². The molecule has 0 unspecified atom stereocenters. The highest BCUT2D eigenvalue weighted by molar-refractivity contribution is 5.77. The van der Waals surface area contributed by atoms with Gasteiger partial charge in [0.15, 0.2) is 29.6 Å². The van der Waals surface area contributed by atoms with Gasteiger partial charge in [0.1, 0.15) is 0 Å². The smallest absolute Gasteiger partial charge is 0.260 e. The van der Waals surface area contributed by atoms with Crippen LogP contribution in [0.15, 0.2) is 42.5 Å². The van der Waals surface area contributed by atoms with Gasteiger partial charge in [-0.1, -0.05) is 18.2 Å². The second-order valence-corrected chi connectivity index (χ2v) is 5.76. The van der Waals surface area contributed by atoms with Crippen molar-refractivity contribution in [3.05, 3.63) is 48.0 Å². The lowest BCUT2D eigenvalue weighted by Gasteiger charge is -2.21. The zero-order chi connectivity index (χ0) is 18.4. The van der Waals surface area contributed by atoms with E-state index in [9.17, 15) is 4.79 Å². The average molecular weight is 357 g/mol. The Bertz CT molecular complexity index is 762. The van der Waals surface area contributed by atoms with Gasteiger partial charge >= 0.3 is 0 Å². The third-order valence-corrected chi connectivity index (χ3v) is 4.04. The number of nitrogens with zero attached hydrogens (tertiary/aromatic N) is 1. The first kappa shape index (κ1) is 17.9. The Balaban J connectivity index is 1.60. The van der Waals surface area contributed by atoms with Crippen LogP contribution in [0.25, 0.3) is 0 Å². The van der Waals surface area contributed by atoms with E-state index >= 15 is 0 Å². The zero-order valence-electron chi connectivity index (χ0n) is 15.1. The fraction of sp³-hybridized carbons (Fsp3) is 0.350. The van der Waals surface area contributed by atoms with Crippen LogP contribution in [0.4, 0.5) is 0 Å². The van der Waals surface area contributed by atoms with Gasteiger partial charge in [-0.15, -0.1) is 0 Å². The monoisotopic (exact) mass is 357 g/mol. The second-order valence-electron chi connectivity index (χ2n) is 5.76. The highest BCUT2D eigenvalue weighted by atomic mass is 16.7. The summed E-state index contributed by atoms with van der Waals surface area (Å²) in [4.78, 5) is 14.3. The predicted octanol–water partition coefficient (Wildman–Crippen LogP) is 3.24. The molecule has 138 valence electrons. The highest BCUT2D eigenvalue weighted by Gasteiger charge is 2.17. The first-order valence-corrected chi connectivity index (χ1v) is 8.72. The molecule has 1 amide bonds. The molecule has 0 saturated heterocycles. The lowest BCUT2D eigenvalue weighted by molar-refractivity contribution is -0.133. The molecular formula is C20H23NO5. The predicted molar refractivity (Wildman–Crippen MR) is 96.8 cm³/mol.